The first-order chi connectivity index (χ1) is 17.6. The van der Waals surface area contributed by atoms with Gasteiger partial charge in [-0.1, -0.05) is 71.7 Å². The second-order valence-electron chi connectivity index (χ2n) is 8.55. The molecule has 4 aromatic rings. The van der Waals surface area contributed by atoms with Crippen molar-refractivity contribution in [2.45, 2.75) is 25.1 Å². The molecular weight excluding hydrogens is 522 g/mol. The molecule has 2 N–H and O–H groups in total. The van der Waals surface area contributed by atoms with E-state index < -0.39 is 23.3 Å². The van der Waals surface area contributed by atoms with Gasteiger partial charge in [0.25, 0.3) is 0 Å². The second kappa shape index (κ2) is 10.8. The van der Waals surface area contributed by atoms with Crippen molar-refractivity contribution < 1.29 is 18.0 Å². The van der Waals surface area contributed by atoms with Crippen LogP contribution in [0.5, 0.6) is 0 Å². The van der Waals surface area contributed by atoms with E-state index in [1.165, 1.54) is 18.3 Å². The summed E-state index contributed by atoms with van der Waals surface area (Å²) in [6.45, 7) is 1.83. The number of aromatic nitrogens is 1. The van der Waals surface area contributed by atoms with Crippen LogP contribution >= 0.6 is 23.2 Å². The minimum Gasteiger partial charge on any atom is -0.322 e. The third-order valence-corrected chi connectivity index (χ3v) is 6.55. The van der Waals surface area contributed by atoms with E-state index in [1.54, 1.807) is 30.3 Å². The Morgan fingerprint density at radius 3 is 2.27 bits per heavy atom. The summed E-state index contributed by atoms with van der Waals surface area (Å²) in [5.41, 5.74) is 0.232. The molecule has 4 rings (SSSR count). The first-order valence-corrected chi connectivity index (χ1v) is 12.0. The van der Waals surface area contributed by atoms with Gasteiger partial charge in [-0.25, -0.2) is 4.79 Å². The zero-order valence-electron chi connectivity index (χ0n) is 19.6. The van der Waals surface area contributed by atoms with E-state index in [0.717, 1.165) is 23.3 Å². The van der Waals surface area contributed by atoms with Crippen LogP contribution in [0.15, 0.2) is 91.1 Å². The van der Waals surface area contributed by atoms with Crippen LogP contribution in [0.4, 0.5) is 23.7 Å². The highest BCUT2D eigenvalue weighted by molar-refractivity contribution is 6.31. The van der Waals surface area contributed by atoms with Crippen LogP contribution in [0, 0.1) is 6.92 Å². The summed E-state index contributed by atoms with van der Waals surface area (Å²) in [6, 6.07) is 21.6. The van der Waals surface area contributed by atoms with Gasteiger partial charge in [0.15, 0.2) is 0 Å². The highest BCUT2D eigenvalue weighted by Crippen LogP contribution is 2.37. The highest BCUT2D eigenvalue weighted by atomic mass is 35.5. The van der Waals surface area contributed by atoms with Crippen molar-refractivity contribution in [1.82, 2.24) is 10.3 Å². The number of urea groups is 1. The number of nitrogens with one attached hydrogen (secondary N) is 2. The molecule has 0 aliphatic heterocycles. The minimum atomic E-state index is -4.58. The average Bonchev–Trinajstić information content (AvgIpc) is 2.86. The molecule has 0 spiro atoms. The Morgan fingerprint density at radius 2 is 1.62 bits per heavy atom. The van der Waals surface area contributed by atoms with E-state index in [9.17, 15) is 18.0 Å². The van der Waals surface area contributed by atoms with E-state index in [2.05, 4.69) is 15.6 Å². The molecule has 190 valence electrons. The quantitative estimate of drug-likeness (QED) is 0.258. The van der Waals surface area contributed by atoms with Crippen molar-refractivity contribution >= 4 is 34.9 Å². The van der Waals surface area contributed by atoms with Crippen LogP contribution < -0.4 is 10.6 Å². The molecule has 1 aromatic heterocycles. The highest BCUT2D eigenvalue weighted by Gasteiger charge is 2.40. The Balaban J connectivity index is 1.86. The van der Waals surface area contributed by atoms with Gasteiger partial charge in [0.2, 0.25) is 0 Å². The first-order valence-electron chi connectivity index (χ1n) is 11.3. The van der Waals surface area contributed by atoms with Crippen molar-refractivity contribution in [2.24, 2.45) is 0 Å². The monoisotopic (exact) mass is 543 g/mol. The van der Waals surface area contributed by atoms with Crippen LogP contribution in [0.25, 0.3) is 0 Å². The lowest BCUT2D eigenvalue weighted by Gasteiger charge is -2.36. The molecule has 0 radical (unpaired) electrons. The molecule has 9 heteroatoms. The van der Waals surface area contributed by atoms with E-state index in [-0.39, 0.29) is 12.0 Å². The molecular formula is C28H22Cl2F3N3O. The third kappa shape index (κ3) is 6.24. The maximum Gasteiger partial charge on any atom is 0.416 e. The Morgan fingerprint density at radius 1 is 0.892 bits per heavy atom. The molecule has 0 saturated carbocycles. The van der Waals surface area contributed by atoms with Gasteiger partial charge in [0.05, 0.1) is 16.3 Å². The number of halogens is 5. The average molecular weight is 544 g/mol. The van der Waals surface area contributed by atoms with Gasteiger partial charge < -0.3 is 10.6 Å². The number of nitrogens with zero attached hydrogens (tertiary/aromatic N) is 1. The minimum absolute atomic E-state index is 0.117. The summed E-state index contributed by atoms with van der Waals surface area (Å²) in [5, 5.41) is 6.47. The lowest BCUT2D eigenvalue weighted by atomic mass is 9.80. The van der Waals surface area contributed by atoms with Crippen LogP contribution in [0.3, 0.4) is 0 Å². The summed E-state index contributed by atoms with van der Waals surface area (Å²) in [5.74, 6) is 0. The van der Waals surface area contributed by atoms with E-state index >= 15 is 0 Å². The molecule has 3 aromatic carbocycles. The molecule has 1 atom stereocenters. The Kier molecular flexibility index (Phi) is 7.76. The molecule has 1 heterocycles. The van der Waals surface area contributed by atoms with Gasteiger partial charge in [0, 0.05) is 23.3 Å². The first kappa shape index (κ1) is 26.5. The number of carbonyl (C=O) groups is 1. The number of carbonyl (C=O) groups excluding carboxylic acids is 1. The molecule has 0 fully saturated rings. The van der Waals surface area contributed by atoms with Gasteiger partial charge in [-0.15, -0.1) is 0 Å². The van der Waals surface area contributed by atoms with E-state index in [4.69, 9.17) is 23.2 Å². The molecule has 1 unspecified atom stereocenters. The lowest BCUT2D eigenvalue weighted by Crippen LogP contribution is -2.50. The Hall–Kier alpha value is -3.55. The predicted molar refractivity (Wildman–Crippen MR) is 140 cm³/mol. The van der Waals surface area contributed by atoms with Gasteiger partial charge >= 0.3 is 12.2 Å². The zero-order valence-corrected chi connectivity index (χ0v) is 21.1. The number of benzene rings is 3. The van der Waals surface area contributed by atoms with Crippen LogP contribution in [0.2, 0.25) is 10.0 Å². The van der Waals surface area contributed by atoms with Gasteiger partial charge in [-0.05, 0) is 60.0 Å². The molecule has 0 saturated heterocycles. The smallest absolute Gasteiger partial charge is 0.322 e. The molecule has 0 bridgehead atoms. The SMILES string of the molecule is Cc1ccc(NC(=O)NC(Cc2ccccc2)(c2cccc(C(F)(F)F)c2)c2ccc(Cl)cn2)cc1Cl. The number of rotatable bonds is 6. The Labute approximate surface area is 222 Å². The zero-order chi connectivity index (χ0) is 26.6. The van der Waals surface area contributed by atoms with Gasteiger partial charge in [-0.2, -0.15) is 13.2 Å². The normalized spacial score (nSPS) is 13.0. The predicted octanol–water partition coefficient (Wildman–Crippen LogP) is 8.02. The maximum atomic E-state index is 13.7. The summed E-state index contributed by atoms with van der Waals surface area (Å²) >= 11 is 12.3. The lowest BCUT2D eigenvalue weighted by molar-refractivity contribution is -0.137. The van der Waals surface area contributed by atoms with Crippen LogP contribution in [-0.2, 0) is 18.1 Å². The van der Waals surface area contributed by atoms with Crippen LogP contribution in [-0.4, -0.2) is 11.0 Å². The van der Waals surface area contributed by atoms with Crippen molar-refractivity contribution in [2.75, 3.05) is 5.32 Å². The summed E-state index contributed by atoms with van der Waals surface area (Å²) in [4.78, 5) is 17.8. The number of anilines is 1. The van der Waals surface area contributed by atoms with Gasteiger partial charge in [-0.3, -0.25) is 4.98 Å². The third-order valence-electron chi connectivity index (χ3n) is 5.92. The van der Waals surface area contributed by atoms with Crippen molar-refractivity contribution in [3.05, 3.63) is 129 Å². The molecule has 0 aliphatic rings. The number of hydrogen-bond donors (Lipinski definition) is 2. The number of pyridine rings is 1. The standard InChI is InChI=1S/C28H22Cl2F3N3O/c1-18-10-12-23(15-24(18)30)35-26(37)36-27(16-19-6-3-2-4-7-19,25-13-11-22(29)17-34-25)20-8-5-9-21(14-20)28(31,32)33/h2-15,17H,16H2,1H3,(H2,35,36,37). The summed E-state index contributed by atoms with van der Waals surface area (Å²) < 4.78 is 41.1. The topological polar surface area (TPSA) is 54.0 Å². The van der Waals surface area contributed by atoms with Gasteiger partial charge in [0.1, 0.15) is 5.54 Å². The molecule has 4 nitrogen and oxygen atoms in total. The van der Waals surface area contributed by atoms with E-state index in [1.807, 2.05) is 37.3 Å². The largest absolute Gasteiger partial charge is 0.416 e. The summed E-state index contributed by atoms with van der Waals surface area (Å²) in [6.07, 6.45) is -3.07. The number of aryl methyl sites for hydroxylation is 1. The van der Waals surface area contributed by atoms with Crippen molar-refractivity contribution in [1.29, 1.82) is 0 Å². The second-order valence-corrected chi connectivity index (χ2v) is 9.39. The number of hydrogen-bond acceptors (Lipinski definition) is 2. The molecule has 0 aliphatic carbocycles. The van der Waals surface area contributed by atoms with Crippen molar-refractivity contribution in [3.8, 4) is 0 Å². The number of alkyl halides is 3. The fourth-order valence-corrected chi connectivity index (χ4v) is 4.33. The fourth-order valence-electron chi connectivity index (χ4n) is 4.04. The number of amides is 2. The van der Waals surface area contributed by atoms with E-state index in [0.29, 0.717) is 21.4 Å². The maximum absolute atomic E-state index is 13.7. The fraction of sp³-hybridized carbons (Fsp3) is 0.143. The molecule has 37 heavy (non-hydrogen) atoms. The Bertz CT molecular complexity index is 1400. The molecule has 2 amide bonds. The van der Waals surface area contributed by atoms with Crippen molar-refractivity contribution in [3.63, 3.8) is 0 Å². The summed E-state index contributed by atoms with van der Waals surface area (Å²) in [7, 11) is 0. The van der Waals surface area contributed by atoms with Crippen LogP contribution in [0.1, 0.15) is 27.9 Å².